The maximum absolute atomic E-state index is 11.6. The molecule has 4 rings (SSSR count). The number of rotatable bonds is 1. The quantitative estimate of drug-likeness (QED) is 0.752. The van der Waals surface area contributed by atoms with E-state index >= 15 is 0 Å². The first-order valence-corrected chi connectivity index (χ1v) is 6.66. The molecule has 0 amide bonds. The summed E-state index contributed by atoms with van der Waals surface area (Å²) >= 11 is 0. The first-order valence-electron chi connectivity index (χ1n) is 6.66. The fourth-order valence-electron chi connectivity index (χ4n) is 2.71. The lowest BCUT2D eigenvalue weighted by atomic mass is 9.96. The smallest absolute Gasteiger partial charge is 0.344 e. The van der Waals surface area contributed by atoms with E-state index in [0.717, 1.165) is 11.1 Å². The van der Waals surface area contributed by atoms with Gasteiger partial charge in [-0.2, -0.15) is 0 Å². The van der Waals surface area contributed by atoms with Crippen LogP contribution in [-0.4, -0.2) is 11.9 Å². The lowest BCUT2D eigenvalue weighted by molar-refractivity contribution is 0.0706. The lowest BCUT2D eigenvalue weighted by Gasteiger charge is -2.05. The van der Waals surface area contributed by atoms with Crippen LogP contribution in [0.3, 0.4) is 0 Å². The van der Waals surface area contributed by atoms with Gasteiger partial charge >= 0.3 is 11.9 Å². The molecule has 0 atom stereocenters. The van der Waals surface area contributed by atoms with Crippen LogP contribution in [0.1, 0.15) is 31.8 Å². The number of hydrogen-bond donors (Lipinski definition) is 0. The van der Waals surface area contributed by atoms with Crippen LogP contribution in [0.5, 0.6) is 0 Å². The van der Waals surface area contributed by atoms with Crippen LogP contribution >= 0.6 is 0 Å². The molecule has 0 bridgehead atoms. The molecule has 4 heteroatoms. The molecule has 0 saturated heterocycles. The second kappa shape index (κ2) is 4.18. The van der Waals surface area contributed by atoms with Crippen LogP contribution in [0.25, 0.3) is 22.6 Å². The first-order chi connectivity index (χ1) is 10.5. The zero-order chi connectivity index (χ0) is 15.4. The number of benzene rings is 2. The Morgan fingerprint density at radius 1 is 0.636 bits per heavy atom. The lowest BCUT2D eigenvalue weighted by Crippen LogP contribution is -1.94. The topological polar surface area (TPSA) is 52.6 Å². The Labute approximate surface area is 126 Å². The van der Waals surface area contributed by atoms with E-state index in [1.807, 2.05) is 24.3 Å². The SMILES string of the molecule is C=C1OC(=O)c2ccc(-c3ccc4c(c3)C(=C)OC4=O)cc21. The molecule has 0 fully saturated rings. The zero-order valence-electron chi connectivity index (χ0n) is 11.5. The maximum Gasteiger partial charge on any atom is 0.344 e. The van der Waals surface area contributed by atoms with Gasteiger partial charge in [-0.05, 0) is 35.4 Å². The minimum Gasteiger partial charge on any atom is -0.423 e. The highest BCUT2D eigenvalue weighted by molar-refractivity contribution is 6.04. The molecule has 0 N–H and O–H groups in total. The van der Waals surface area contributed by atoms with E-state index in [4.69, 9.17) is 9.47 Å². The van der Waals surface area contributed by atoms with E-state index in [1.165, 1.54) is 0 Å². The van der Waals surface area contributed by atoms with Gasteiger partial charge in [0, 0.05) is 11.1 Å². The predicted octanol–water partition coefficient (Wildman–Crippen LogP) is 3.64. The molecule has 0 saturated carbocycles. The summed E-state index contributed by atoms with van der Waals surface area (Å²) in [6.07, 6.45) is 0. The van der Waals surface area contributed by atoms with Crippen molar-refractivity contribution in [3.63, 3.8) is 0 Å². The number of hydrogen-bond acceptors (Lipinski definition) is 4. The molecule has 0 unspecified atom stereocenters. The molecule has 2 aliphatic rings. The molecule has 2 aliphatic heterocycles. The number of carbonyl (C=O) groups excluding carboxylic acids is 2. The minimum atomic E-state index is -0.382. The summed E-state index contributed by atoms with van der Waals surface area (Å²) in [5.41, 5.74) is 4.19. The van der Waals surface area contributed by atoms with Gasteiger partial charge in [0.1, 0.15) is 11.5 Å². The molecule has 4 nitrogen and oxygen atoms in total. The number of esters is 2. The first kappa shape index (κ1) is 12.6. The van der Waals surface area contributed by atoms with Gasteiger partial charge in [-0.3, -0.25) is 0 Å². The van der Waals surface area contributed by atoms with Crippen molar-refractivity contribution in [3.05, 3.63) is 71.8 Å². The predicted molar refractivity (Wildman–Crippen MR) is 80.8 cm³/mol. The van der Waals surface area contributed by atoms with Crippen LogP contribution in [0.15, 0.2) is 49.6 Å². The molecular formula is C18H10O4. The van der Waals surface area contributed by atoms with Crippen molar-refractivity contribution in [2.45, 2.75) is 0 Å². The van der Waals surface area contributed by atoms with Crippen LogP contribution < -0.4 is 0 Å². The molecule has 0 aliphatic carbocycles. The Bertz CT molecular complexity index is 830. The Kier molecular flexibility index (Phi) is 2.39. The highest BCUT2D eigenvalue weighted by Gasteiger charge is 2.27. The van der Waals surface area contributed by atoms with Gasteiger partial charge in [-0.1, -0.05) is 25.3 Å². The molecular weight excluding hydrogens is 280 g/mol. The molecule has 22 heavy (non-hydrogen) atoms. The van der Waals surface area contributed by atoms with E-state index in [-0.39, 0.29) is 11.9 Å². The van der Waals surface area contributed by atoms with Crippen LogP contribution in [0.4, 0.5) is 0 Å². The van der Waals surface area contributed by atoms with E-state index < -0.39 is 0 Å². The van der Waals surface area contributed by atoms with Gasteiger partial charge < -0.3 is 9.47 Å². The van der Waals surface area contributed by atoms with Crippen molar-refractivity contribution in [2.24, 2.45) is 0 Å². The van der Waals surface area contributed by atoms with E-state index in [2.05, 4.69) is 13.2 Å². The van der Waals surface area contributed by atoms with Crippen molar-refractivity contribution in [2.75, 3.05) is 0 Å². The molecule has 2 aromatic rings. The van der Waals surface area contributed by atoms with Gasteiger partial charge in [0.25, 0.3) is 0 Å². The standard InChI is InChI=1S/C18H10O4/c1-9-15-7-11(3-5-13(15)17(19)21-9)12-4-6-14-16(8-12)10(2)22-18(14)20/h3-8H,1-2H2. The van der Waals surface area contributed by atoms with Gasteiger partial charge in [0.15, 0.2) is 0 Å². The monoisotopic (exact) mass is 290 g/mol. The zero-order valence-corrected chi connectivity index (χ0v) is 11.5. The highest BCUT2D eigenvalue weighted by Crippen LogP contribution is 2.35. The van der Waals surface area contributed by atoms with Crippen molar-refractivity contribution >= 4 is 23.5 Å². The number of cyclic esters (lactones) is 2. The average molecular weight is 290 g/mol. The Balaban J connectivity index is 1.84. The van der Waals surface area contributed by atoms with Gasteiger partial charge in [-0.15, -0.1) is 0 Å². The summed E-state index contributed by atoms with van der Waals surface area (Å²) in [4.78, 5) is 23.2. The van der Waals surface area contributed by atoms with Gasteiger partial charge in [0.2, 0.25) is 0 Å². The van der Waals surface area contributed by atoms with Crippen molar-refractivity contribution in [1.82, 2.24) is 0 Å². The van der Waals surface area contributed by atoms with Gasteiger partial charge in [-0.25, -0.2) is 9.59 Å². The third-order valence-corrected chi connectivity index (χ3v) is 3.84. The normalized spacial score (nSPS) is 15.5. The Hall–Kier alpha value is -3.14. The molecule has 0 aromatic heterocycles. The van der Waals surface area contributed by atoms with Gasteiger partial charge in [0.05, 0.1) is 11.1 Å². The molecule has 2 aromatic carbocycles. The van der Waals surface area contributed by atoms with Crippen LogP contribution in [-0.2, 0) is 9.47 Å². The number of carbonyl (C=O) groups is 2. The van der Waals surface area contributed by atoms with Crippen molar-refractivity contribution < 1.29 is 19.1 Å². The summed E-state index contributed by atoms with van der Waals surface area (Å²) in [5.74, 6) is -0.0578. The summed E-state index contributed by atoms with van der Waals surface area (Å²) in [6, 6.07) is 10.8. The van der Waals surface area contributed by atoms with Crippen LogP contribution in [0.2, 0.25) is 0 Å². The van der Waals surface area contributed by atoms with Crippen LogP contribution in [0, 0.1) is 0 Å². The summed E-state index contributed by atoms with van der Waals surface area (Å²) < 4.78 is 10.0. The second-order valence-corrected chi connectivity index (χ2v) is 5.15. The summed E-state index contributed by atoms with van der Waals surface area (Å²) in [6.45, 7) is 7.48. The third kappa shape index (κ3) is 1.64. The largest absolute Gasteiger partial charge is 0.423 e. The fourth-order valence-corrected chi connectivity index (χ4v) is 2.71. The Morgan fingerprint density at radius 3 is 1.45 bits per heavy atom. The average Bonchev–Trinajstić information content (AvgIpc) is 2.96. The molecule has 0 spiro atoms. The third-order valence-electron chi connectivity index (χ3n) is 3.84. The summed E-state index contributed by atoms with van der Waals surface area (Å²) in [5, 5.41) is 0. The Morgan fingerprint density at radius 2 is 1.05 bits per heavy atom. The van der Waals surface area contributed by atoms with Crippen molar-refractivity contribution in [1.29, 1.82) is 0 Å². The minimum absolute atomic E-state index is 0.353. The number of ether oxygens (including phenoxy) is 2. The highest BCUT2D eigenvalue weighted by atomic mass is 16.5. The van der Waals surface area contributed by atoms with E-state index in [1.54, 1.807) is 12.1 Å². The second-order valence-electron chi connectivity index (χ2n) is 5.15. The molecule has 2 heterocycles. The fraction of sp³-hybridized carbons (Fsp3) is 0. The van der Waals surface area contributed by atoms with Crippen molar-refractivity contribution in [3.8, 4) is 11.1 Å². The van der Waals surface area contributed by atoms with E-state index in [0.29, 0.717) is 33.8 Å². The summed E-state index contributed by atoms with van der Waals surface area (Å²) in [7, 11) is 0. The number of fused-ring (bicyclic) bond motifs is 2. The molecule has 0 radical (unpaired) electrons. The molecule has 106 valence electrons. The van der Waals surface area contributed by atoms with E-state index in [9.17, 15) is 9.59 Å². The maximum atomic E-state index is 11.6.